The first-order valence-corrected chi connectivity index (χ1v) is 16.4. The summed E-state index contributed by atoms with van der Waals surface area (Å²) in [4.78, 5) is 12.5. The zero-order valence-corrected chi connectivity index (χ0v) is 26.6. The van der Waals surface area contributed by atoms with Crippen LogP contribution in [-0.2, 0) is 10.2 Å². The van der Waals surface area contributed by atoms with Gasteiger partial charge in [0.25, 0.3) is 0 Å². The van der Waals surface area contributed by atoms with Crippen molar-refractivity contribution in [1.29, 1.82) is 0 Å². The van der Waals surface area contributed by atoms with Crippen LogP contribution in [0.5, 0.6) is 11.5 Å². The number of phenols is 2. The van der Waals surface area contributed by atoms with Crippen LogP contribution in [0.25, 0.3) is 0 Å². The van der Waals surface area contributed by atoms with Crippen molar-refractivity contribution in [2.45, 2.75) is 118 Å². The molecule has 0 bridgehead atoms. The van der Waals surface area contributed by atoms with Crippen LogP contribution in [-0.4, -0.2) is 51.0 Å². The number of aromatic hydroxyl groups is 2. The van der Waals surface area contributed by atoms with Crippen molar-refractivity contribution in [3.05, 3.63) is 53.6 Å². The van der Waals surface area contributed by atoms with E-state index < -0.39 is 48.7 Å². The van der Waals surface area contributed by atoms with Gasteiger partial charge in [0.05, 0.1) is 5.92 Å². The lowest BCUT2D eigenvalue weighted by Gasteiger charge is -2.43. The lowest BCUT2D eigenvalue weighted by molar-refractivity contribution is -0.396. The molecule has 0 spiro atoms. The van der Waals surface area contributed by atoms with Gasteiger partial charge < -0.3 is 15.3 Å². The van der Waals surface area contributed by atoms with E-state index in [0.717, 1.165) is 53.9 Å². The maximum atomic E-state index is 13.9. The van der Waals surface area contributed by atoms with E-state index in [-0.39, 0.29) is 35.7 Å². The van der Waals surface area contributed by atoms with Gasteiger partial charge in [-0.05, 0) is 60.6 Å². The molecule has 47 heavy (non-hydrogen) atoms. The van der Waals surface area contributed by atoms with E-state index in [9.17, 15) is 59.6 Å². The Balaban J connectivity index is 1.45. The van der Waals surface area contributed by atoms with Gasteiger partial charge in [0.1, 0.15) is 11.5 Å². The monoisotopic (exact) mass is 702 g/mol. The van der Waals surface area contributed by atoms with Crippen LogP contribution in [0.15, 0.2) is 47.4 Å². The fraction of sp³-hybridized carbons (Fsp3) is 0.606. The summed E-state index contributed by atoms with van der Waals surface area (Å²) in [6, 6.07) is 12.6. The molecular formula is C33H39F9O4S. The zero-order chi connectivity index (χ0) is 35.3. The highest BCUT2D eigenvalue weighted by molar-refractivity contribution is 7.99. The predicted octanol–water partition coefficient (Wildman–Crippen LogP) is 10.7. The molecule has 264 valence electrons. The van der Waals surface area contributed by atoms with Gasteiger partial charge in [0.2, 0.25) is 0 Å². The Labute approximate surface area is 271 Å². The number of hydrogen-bond donors (Lipinski definition) is 3. The van der Waals surface area contributed by atoms with Crippen LogP contribution in [0.3, 0.4) is 0 Å². The summed E-state index contributed by atoms with van der Waals surface area (Å²) in [5.41, 5.74) is 2.03. The summed E-state index contributed by atoms with van der Waals surface area (Å²) < 4.78 is 118. The first-order chi connectivity index (χ1) is 21.7. The summed E-state index contributed by atoms with van der Waals surface area (Å²) in [5, 5.41) is 29.1. The Morgan fingerprint density at radius 2 is 1.36 bits per heavy atom. The molecule has 0 fully saturated rings. The molecule has 0 radical (unpaired) electrons. The van der Waals surface area contributed by atoms with Crippen molar-refractivity contribution in [3.8, 4) is 11.5 Å². The number of halogens is 9. The summed E-state index contributed by atoms with van der Waals surface area (Å²) in [6.07, 6.45) is -4.74. The van der Waals surface area contributed by atoms with Crippen molar-refractivity contribution in [2.75, 3.05) is 5.75 Å². The van der Waals surface area contributed by atoms with E-state index in [0.29, 0.717) is 12.8 Å². The van der Waals surface area contributed by atoms with E-state index in [1.54, 1.807) is 36.0 Å². The number of carboxylic acids is 1. The molecule has 1 aliphatic heterocycles. The first kappa shape index (κ1) is 38.7. The Morgan fingerprint density at radius 1 is 0.809 bits per heavy atom. The van der Waals surface area contributed by atoms with E-state index in [4.69, 9.17) is 0 Å². The largest absolute Gasteiger partial charge is 0.508 e. The fourth-order valence-corrected chi connectivity index (χ4v) is 7.55. The van der Waals surface area contributed by atoms with Gasteiger partial charge >= 0.3 is 29.9 Å². The lowest BCUT2D eigenvalue weighted by Crippen LogP contribution is -2.60. The number of phenolic OH excluding ortho intramolecular Hbond substituents is 2. The number of fused-ring (bicyclic) bond motifs is 1. The lowest BCUT2D eigenvalue weighted by atomic mass is 9.68. The van der Waals surface area contributed by atoms with Crippen LogP contribution >= 0.6 is 11.8 Å². The number of hydrogen-bond acceptors (Lipinski definition) is 4. The SMILES string of the molecule is C[C@]1(c2ccc(O)cc2)CSc2cc(O)ccc2[C@H]1CCCCCCCCCC(CCC(F)(F)C(F)(F)C(F)(F)C(F)(F)F)C(=O)O. The van der Waals surface area contributed by atoms with Gasteiger partial charge in [-0.2, -0.15) is 39.5 Å². The van der Waals surface area contributed by atoms with Crippen LogP contribution < -0.4 is 0 Å². The third kappa shape index (κ3) is 8.83. The molecule has 1 unspecified atom stereocenters. The van der Waals surface area contributed by atoms with Gasteiger partial charge in [-0.15, -0.1) is 11.8 Å². The summed E-state index contributed by atoms with van der Waals surface area (Å²) in [5.74, 6) is -21.4. The number of benzene rings is 2. The minimum atomic E-state index is -6.99. The number of carbonyl (C=O) groups is 1. The molecule has 4 nitrogen and oxygen atoms in total. The maximum Gasteiger partial charge on any atom is 0.460 e. The van der Waals surface area contributed by atoms with E-state index in [1.807, 2.05) is 18.2 Å². The molecule has 0 aromatic heterocycles. The number of alkyl halides is 9. The average Bonchev–Trinajstić information content (AvgIpc) is 2.98. The second-order valence-electron chi connectivity index (χ2n) is 12.5. The Kier molecular flexibility index (Phi) is 12.5. The van der Waals surface area contributed by atoms with Crippen LogP contribution in [0.4, 0.5) is 39.5 Å². The van der Waals surface area contributed by atoms with Crippen LogP contribution in [0.1, 0.15) is 94.6 Å². The normalized spacial score (nSPS) is 19.7. The van der Waals surface area contributed by atoms with Crippen molar-refractivity contribution in [3.63, 3.8) is 0 Å². The van der Waals surface area contributed by atoms with Crippen molar-refractivity contribution >= 4 is 17.7 Å². The minimum Gasteiger partial charge on any atom is -0.508 e. The van der Waals surface area contributed by atoms with Crippen molar-refractivity contribution < 1.29 is 59.6 Å². The summed E-state index contributed by atoms with van der Waals surface area (Å²) in [6.45, 7) is 2.20. The molecule has 3 rings (SSSR count). The molecule has 0 saturated heterocycles. The second-order valence-corrected chi connectivity index (χ2v) is 13.5. The van der Waals surface area contributed by atoms with E-state index >= 15 is 0 Å². The number of unbranched alkanes of at least 4 members (excludes halogenated alkanes) is 6. The molecule has 3 atom stereocenters. The van der Waals surface area contributed by atoms with Crippen LogP contribution in [0.2, 0.25) is 0 Å². The fourth-order valence-electron chi connectivity index (χ4n) is 6.14. The molecule has 1 aliphatic rings. The third-order valence-corrected chi connectivity index (χ3v) is 10.5. The molecule has 2 aromatic rings. The molecular weight excluding hydrogens is 663 g/mol. The minimum absolute atomic E-state index is 0.156. The number of aliphatic carboxylic acids is 1. The quantitative estimate of drug-likeness (QED) is 0.113. The molecule has 0 amide bonds. The Bertz CT molecular complexity index is 1330. The first-order valence-electron chi connectivity index (χ1n) is 15.4. The number of rotatable bonds is 17. The molecule has 3 N–H and O–H groups in total. The average molecular weight is 703 g/mol. The Morgan fingerprint density at radius 3 is 1.94 bits per heavy atom. The van der Waals surface area contributed by atoms with Gasteiger partial charge in [-0.3, -0.25) is 4.79 Å². The van der Waals surface area contributed by atoms with Gasteiger partial charge in [0.15, 0.2) is 0 Å². The summed E-state index contributed by atoms with van der Waals surface area (Å²) in [7, 11) is 0. The number of thioether (sulfide) groups is 1. The highest BCUT2D eigenvalue weighted by atomic mass is 32.2. The van der Waals surface area contributed by atoms with Crippen molar-refractivity contribution in [2.24, 2.45) is 5.92 Å². The van der Waals surface area contributed by atoms with Crippen LogP contribution in [0, 0.1) is 5.92 Å². The smallest absolute Gasteiger partial charge is 0.460 e. The standard InChI is InChI=1S/C33H39F9O4S/c1-29(22-11-13-23(43)14-12-22)20-47-27-19-24(44)15-16-25(27)26(29)10-8-6-4-2-3-5-7-9-21(28(45)46)17-18-30(34,35)31(36,37)32(38,39)33(40,41)42/h11-16,19,21,26,43-44H,2-10,17-18,20H2,1H3,(H,45,46)/t21?,26-,29-/m1/s1. The molecule has 1 heterocycles. The molecule has 0 saturated carbocycles. The van der Waals surface area contributed by atoms with Gasteiger partial charge in [-0.1, -0.05) is 70.1 Å². The van der Waals surface area contributed by atoms with Gasteiger partial charge in [0, 0.05) is 22.5 Å². The molecule has 2 aromatic carbocycles. The third-order valence-electron chi connectivity index (χ3n) is 9.11. The molecule has 0 aliphatic carbocycles. The number of carboxylic acid groups (broad SMARTS) is 1. The topological polar surface area (TPSA) is 77.8 Å². The van der Waals surface area contributed by atoms with Gasteiger partial charge in [-0.25, -0.2) is 0 Å². The second kappa shape index (κ2) is 15.2. The van der Waals surface area contributed by atoms with E-state index in [1.165, 1.54) is 0 Å². The molecule has 14 heteroatoms. The maximum absolute atomic E-state index is 13.9. The highest BCUT2D eigenvalue weighted by Crippen LogP contribution is 2.55. The van der Waals surface area contributed by atoms with E-state index in [2.05, 4.69) is 6.92 Å². The summed E-state index contributed by atoms with van der Waals surface area (Å²) >= 11 is 1.68. The highest BCUT2D eigenvalue weighted by Gasteiger charge is 2.81. The zero-order valence-electron chi connectivity index (χ0n) is 25.7. The predicted molar refractivity (Wildman–Crippen MR) is 160 cm³/mol. The van der Waals surface area contributed by atoms with Crippen molar-refractivity contribution in [1.82, 2.24) is 0 Å². The Hall–Kier alpha value is -2.77.